The van der Waals surface area contributed by atoms with Gasteiger partial charge < -0.3 is 9.84 Å². The Hall–Kier alpha value is -2.48. The van der Waals surface area contributed by atoms with Crippen LogP contribution in [0.3, 0.4) is 0 Å². The van der Waals surface area contributed by atoms with Crippen LogP contribution in [0.1, 0.15) is 24.7 Å². The van der Waals surface area contributed by atoms with Gasteiger partial charge in [0.2, 0.25) is 0 Å². The Kier molecular flexibility index (Phi) is 4.83. The first kappa shape index (κ1) is 14.9. The lowest BCUT2D eigenvalue weighted by atomic mass is 10.2. The molecular weight excluding hydrogens is 276 g/mol. The minimum Gasteiger partial charge on any atom is -0.485 e. The Morgan fingerprint density at radius 2 is 2.29 bits per heavy atom. The first-order valence-corrected chi connectivity index (χ1v) is 6.53. The van der Waals surface area contributed by atoms with Gasteiger partial charge in [-0.2, -0.15) is 5.10 Å². The van der Waals surface area contributed by atoms with Crippen molar-refractivity contribution in [3.05, 3.63) is 46.0 Å². The minimum absolute atomic E-state index is 0.0828. The van der Waals surface area contributed by atoms with Crippen LogP contribution in [0.15, 0.2) is 24.5 Å². The summed E-state index contributed by atoms with van der Waals surface area (Å²) in [7, 11) is 0. The van der Waals surface area contributed by atoms with Crippen molar-refractivity contribution in [2.75, 3.05) is 0 Å². The normalized spacial score (nSPS) is 10.6. The highest BCUT2D eigenvalue weighted by molar-refractivity contribution is 5.43. The van der Waals surface area contributed by atoms with Crippen LogP contribution in [-0.2, 0) is 19.8 Å². The first-order chi connectivity index (χ1) is 10.2. The van der Waals surface area contributed by atoms with Gasteiger partial charge in [0.25, 0.3) is 5.69 Å². The van der Waals surface area contributed by atoms with Crippen molar-refractivity contribution in [1.82, 2.24) is 14.8 Å². The van der Waals surface area contributed by atoms with Crippen molar-refractivity contribution in [3.8, 4) is 5.75 Å². The van der Waals surface area contributed by atoms with E-state index in [0.29, 0.717) is 17.1 Å². The number of hydrogen-bond donors (Lipinski definition) is 1. The zero-order chi connectivity index (χ0) is 15.2. The maximum Gasteiger partial charge on any atom is 0.270 e. The standard InChI is InChI=1S/C13H16N4O4/c1-2-5-16-13(14-9-15-16)8-21-12-4-3-11(17(19)20)6-10(12)7-18/h3-4,6,9,18H,2,5,7-8H2,1H3. The molecule has 0 saturated carbocycles. The Bertz CT molecular complexity index is 626. The van der Waals surface area contributed by atoms with Gasteiger partial charge in [-0.25, -0.2) is 9.67 Å². The average Bonchev–Trinajstić information content (AvgIpc) is 2.92. The first-order valence-electron chi connectivity index (χ1n) is 6.53. The summed E-state index contributed by atoms with van der Waals surface area (Å²) in [5, 5.41) is 24.1. The lowest BCUT2D eigenvalue weighted by molar-refractivity contribution is -0.385. The number of aryl methyl sites for hydroxylation is 1. The molecule has 0 atom stereocenters. The molecule has 0 unspecified atom stereocenters. The van der Waals surface area contributed by atoms with Crippen molar-refractivity contribution < 1.29 is 14.8 Å². The summed E-state index contributed by atoms with van der Waals surface area (Å²) < 4.78 is 7.33. The number of nitro benzene ring substituents is 1. The highest BCUT2D eigenvalue weighted by atomic mass is 16.6. The molecule has 0 saturated heterocycles. The highest BCUT2D eigenvalue weighted by Gasteiger charge is 2.12. The van der Waals surface area contributed by atoms with Gasteiger partial charge in [-0.3, -0.25) is 10.1 Å². The number of aromatic nitrogens is 3. The van der Waals surface area contributed by atoms with E-state index in [1.807, 2.05) is 6.92 Å². The molecule has 8 nitrogen and oxygen atoms in total. The summed E-state index contributed by atoms with van der Waals surface area (Å²) in [4.78, 5) is 14.3. The Morgan fingerprint density at radius 3 is 2.95 bits per heavy atom. The molecule has 0 fully saturated rings. The molecule has 1 aromatic heterocycles. The quantitative estimate of drug-likeness (QED) is 0.615. The number of aliphatic hydroxyl groups is 1. The third kappa shape index (κ3) is 3.54. The number of benzene rings is 1. The van der Waals surface area contributed by atoms with Gasteiger partial charge in [0, 0.05) is 24.2 Å². The van der Waals surface area contributed by atoms with Crippen LogP contribution < -0.4 is 4.74 Å². The van der Waals surface area contributed by atoms with Crippen molar-refractivity contribution in [3.63, 3.8) is 0 Å². The number of non-ortho nitro benzene ring substituents is 1. The SMILES string of the molecule is CCCn1ncnc1COc1ccc([N+](=O)[O-])cc1CO. The van der Waals surface area contributed by atoms with E-state index in [1.165, 1.54) is 24.5 Å². The van der Waals surface area contributed by atoms with E-state index in [9.17, 15) is 15.2 Å². The van der Waals surface area contributed by atoms with Crippen LogP contribution in [-0.4, -0.2) is 24.8 Å². The molecule has 2 rings (SSSR count). The topological polar surface area (TPSA) is 103 Å². The maximum absolute atomic E-state index is 10.7. The van der Waals surface area contributed by atoms with E-state index in [2.05, 4.69) is 10.1 Å². The number of hydrogen-bond acceptors (Lipinski definition) is 6. The predicted molar refractivity (Wildman–Crippen MR) is 73.7 cm³/mol. The van der Waals surface area contributed by atoms with E-state index in [4.69, 9.17) is 4.74 Å². The lowest BCUT2D eigenvalue weighted by Crippen LogP contribution is -2.09. The molecule has 0 aliphatic rings. The monoisotopic (exact) mass is 292 g/mol. The van der Waals surface area contributed by atoms with Gasteiger partial charge in [0.1, 0.15) is 18.7 Å². The third-order valence-corrected chi connectivity index (χ3v) is 2.91. The Labute approximate surface area is 121 Å². The summed E-state index contributed by atoms with van der Waals surface area (Å²) in [5.74, 6) is 1.06. The van der Waals surface area contributed by atoms with E-state index >= 15 is 0 Å². The molecule has 0 aliphatic carbocycles. The van der Waals surface area contributed by atoms with E-state index < -0.39 is 4.92 Å². The van der Waals surface area contributed by atoms with Gasteiger partial charge in [-0.15, -0.1) is 0 Å². The second-order valence-electron chi connectivity index (χ2n) is 4.40. The van der Waals surface area contributed by atoms with Crippen LogP contribution >= 0.6 is 0 Å². The molecule has 0 radical (unpaired) electrons. The lowest BCUT2D eigenvalue weighted by Gasteiger charge is -2.10. The van der Waals surface area contributed by atoms with Crippen molar-refractivity contribution >= 4 is 5.69 Å². The fraction of sp³-hybridized carbons (Fsp3) is 0.385. The molecule has 21 heavy (non-hydrogen) atoms. The average molecular weight is 292 g/mol. The van der Waals surface area contributed by atoms with E-state index in [-0.39, 0.29) is 18.9 Å². The molecule has 112 valence electrons. The summed E-state index contributed by atoms with van der Waals surface area (Å²) in [6, 6.07) is 4.11. The largest absolute Gasteiger partial charge is 0.485 e. The smallest absolute Gasteiger partial charge is 0.270 e. The van der Waals surface area contributed by atoms with Gasteiger partial charge in [0.05, 0.1) is 11.5 Å². The van der Waals surface area contributed by atoms with Crippen LogP contribution in [0, 0.1) is 10.1 Å². The van der Waals surface area contributed by atoms with Crippen molar-refractivity contribution in [1.29, 1.82) is 0 Å². The van der Waals surface area contributed by atoms with E-state index in [0.717, 1.165) is 13.0 Å². The highest BCUT2D eigenvalue weighted by Crippen LogP contribution is 2.24. The Morgan fingerprint density at radius 1 is 1.48 bits per heavy atom. The molecular formula is C13H16N4O4. The molecule has 2 aromatic rings. The molecule has 1 N–H and O–H groups in total. The molecule has 0 spiro atoms. The van der Waals surface area contributed by atoms with Crippen LogP contribution in [0.4, 0.5) is 5.69 Å². The van der Waals surface area contributed by atoms with Crippen LogP contribution in [0.2, 0.25) is 0 Å². The zero-order valence-corrected chi connectivity index (χ0v) is 11.6. The fourth-order valence-electron chi connectivity index (χ4n) is 1.88. The minimum atomic E-state index is -0.513. The zero-order valence-electron chi connectivity index (χ0n) is 11.6. The summed E-state index contributed by atoms with van der Waals surface area (Å²) >= 11 is 0. The molecule has 0 bridgehead atoms. The Balaban J connectivity index is 2.12. The van der Waals surface area contributed by atoms with Gasteiger partial charge >= 0.3 is 0 Å². The fourth-order valence-corrected chi connectivity index (χ4v) is 1.88. The summed E-state index contributed by atoms with van der Waals surface area (Å²) in [6.45, 7) is 2.63. The van der Waals surface area contributed by atoms with Gasteiger partial charge in [-0.1, -0.05) is 6.92 Å². The van der Waals surface area contributed by atoms with Crippen LogP contribution in [0.25, 0.3) is 0 Å². The van der Waals surface area contributed by atoms with Crippen LogP contribution in [0.5, 0.6) is 5.75 Å². The van der Waals surface area contributed by atoms with Crippen molar-refractivity contribution in [2.45, 2.75) is 33.1 Å². The molecule has 8 heteroatoms. The van der Waals surface area contributed by atoms with Gasteiger partial charge in [-0.05, 0) is 12.5 Å². The molecule has 0 amide bonds. The third-order valence-electron chi connectivity index (χ3n) is 2.91. The molecule has 0 aliphatic heterocycles. The number of nitrogens with zero attached hydrogens (tertiary/aromatic N) is 4. The number of aliphatic hydroxyl groups excluding tert-OH is 1. The molecule has 1 aromatic carbocycles. The second kappa shape index (κ2) is 6.80. The number of rotatable bonds is 7. The van der Waals surface area contributed by atoms with Gasteiger partial charge in [0.15, 0.2) is 5.82 Å². The summed E-state index contributed by atoms with van der Waals surface area (Å²) in [5.41, 5.74) is 0.284. The maximum atomic E-state index is 10.7. The number of nitro groups is 1. The molecule has 1 heterocycles. The van der Waals surface area contributed by atoms with E-state index in [1.54, 1.807) is 4.68 Å². The number of ether oxygens (including phenoxy) is 1. The van der Waals surface area contributed by atoms with Crippen molar-refractivity contribution in [2.24, 2.45) is 0 Å². The second-order valence-corrected chi connectivity index (χ2v) is 4.40. The predicted octanol–water partition coefficient (Wildman–Crippen LogP) is 1.67. The summed E-state index contributed by atoms with van der Waals surface area (Å²) in [6.07, 6.45) is 2.38.